The summed E-state index contributed by atoms with van der Waals surface area (Å²) < 4.78 is 0. The maximum Gasteiger partial charge on any atom is 0.237 e. The molecule has 0 aliphatic rings. The van der Waals surface area contributed by atoms with Gasteiger partial charge in [-0.15, -0.1) is 11.3 Å². The fourth-order valence-electron chi connectivity index (χ4n) is 2.72. The minimum Gasteiger partial charge on any atom is -0.508 e. The van der Waals surface area contributed by atoms with Crippen LogP contribution in [0, 0.1) is 5.92 Å². The maximum absolute atomic E-state index is 12.5. The molecule has 4 N–H and O–H groups in total. The number of phenolic OH excluding ortho intramolecular Hbond substituents is 1. The standard InChI is InChI=1S/C20H29N3O2S/c1-12(2)17(21)18(25)23-15(19-22-8-9-26-19)11-13-6-7-16(24)14(10-13)20(3,4)5/h6-10,12,15,17,24H,11,21H2,1-5H3,(H,23,25). The van der Waals surface area contributed by atoms with Crippen molar-refractivity contribution >= 4 is 17.2 Å². The predicted octanol–water partition coefficient (Wildman–Crippen LogP) is 3.53. The van der Waals surface area contributed by atoms with Crippen molar-refractivity contribution in [1.29, 1.82) is 0 Å². The maximum atomic E-state index is 12.5. The molecule has 2 unspecified atom stereocenters. The van der Waals surface area contributed by atoms with Gasteiger partial charge in [-0.1, -0.05) is 46.8 Å². The third-order valence-electron chi connectivity index (χ3n) is 4.40. The first-order valence-electron chi connectivity index (χ1n) is 8.87. The van der Waals surface area contributed by atoms with Crippen LogP contribution in [0.15, 0.2) is 29.8 Å². The van der Waals surface area contributed by atoms with Crippen molar-refractivity contribution in [2.45, 2.75) is 58.5 Å². The first-order chi connectivity index (χ1) is 12.1. The van der Waals surface area contributed by atoms with Crippen LogP contribution in [0.2, 0.25) is 0 Å². The number of benzene rings is 1. The summed E-state index contributed by atoms with van der Waals surface area (Å²) >= 11 is 1.51. The zero-order chi connectivity index (χ0) is 19.5. The van der Waals surface area contributed by atoms with Gasteiger partial charge in [0, 0.05) is 11.6 Å². The molecule has 0 spiro atoms. The molecular formula is C20H29N3O2S. The molecule has 6 heteroatoms. The summed E-state index contributed by atoms with van der Waals surface area (Å²) in [4.78, 5) is 16.8. The van der Waals surface area contributed by atoms with Crippen LogP contribution in [0.3, 0.4) is 0 Å². The minimum absolute atomic E-state index is 0.0631. The number of rotatable bonds is 6. The molecule has 2 atom stereocenters. The number of nitrogens with two attached hydrogens (primary N) is 1. The highest BCUT2D eigenvalue weighted by Crippen LogP contribution is 2.32. The van der Waals surface area contributed by atoms with Crippen LogP contribution in [0.1, 0.15) is 56.8 Å². The van der Waals surface area contributed by atoms with Crippen LogP contribution < -0.4 is 11.1 Å². The SMILES string of the molecule is CC(C)C(N)C(=O)NC(Cc1ccc(O)c(C(C)(C)C)c1)c1nccs1. The lowest BCUT2D eigenvalue weighted by Crippen LogP contribution is -2.45. The second-order valence-electron chi connectivity index (χ2n) is 8.01. The minimum atomic E-state index is -0.553. The summed E-state index contributed by atoms with van der Waals surface area (Å²) in [6, 6.07) is 4.81. The summed E-state index contributed by atoms with van der Waals surface area (Å²) in [5, 5.41) is 16.0. The Balaban J connectivity index is 2.27. The van der Waals surface area contributed by atoms with Crippen LogP contribution in [0.25, 0.3) is 0 Å². The van der Waals surface area contributed by atoms with Crippen molar-refractivity contribution in [3.63, 3.8) is 0 Å². The number of carbonyl (C=O) groups excluding carboxylic acids is 1. The summed E-state index contributed by atoms with van der Waals surface area (Å²) in [6.45, 7) is 10.0. The van der Waals surface area contributed by atoms with E-state index in [9.17, 15) is 9.90 Å². The quantitative estimate of drug-likeness (QED) is 0.721. The second kappa shape index (κ2) is 8.18. The Kier molecular flexibility index (Phi) is 6.42. The monoisotopic (exact) mass is 375 g/mol. The Hall–Kier alpha value is -1.92. The molecule has 0 radical (unpaired) electrons. The first-order valence-corrected chi connectivity index (χ1v) is 9.75. The zero-order valence-corrected chi connectivity index (χ0v) is 16.9. The zero-order valence-electron chi connectivity index (χ0n) is 16.1. The van der Waals surface area contributed by atoms with E-state index in [1.54, 1.807) is 12.3 Å². The third kappa shape index (κ3) is 5.05. The Labute approximate surface area is 159 Å². The summed E-state index contributed by atoms with van der Waals surface area (Å²) in [6.07, 6.45) is 2.33. The van der Waals surface area contributed by atoms with Crippen LogP contribution in [-0.2, 0) is 16.6 Å². The molecule has 1 aromatic heterocycles. The molecule has 5 nitrogen and oxygen atoms in total. The van der Waals surface area contributed by atoms with Gasteiger partial charge in [-0.2, -0.15) is 0 Å². The lowest BCUT2D eigenvalue weighted by atomic mass is 9.85. The number of nitrogens with zero attached hydrogens (tertiary/aromatic N) is 1. The van der Waals surface area contributed by atoms with Crippen molar-refractivity contribution in [2.24, 2.45) is 11.7 Å². The predicted molar refractivity (Wildman–Crippen MR) is 106 cm³/mol. The topological polar surface area (TPSA) is 88.2 Å². The number of nitrogens with one attached hydrogen (secondary N) is 1. The summed E-state index contributed by atoms with van der Waals surface area (Å²) in [5.41, 5.74) is 7.75. The van der Waals surface area contributed by atoms with Gasteiger partial charge in [0.05, 0.1) is 12.1 Å². The molecule has 1 aromatic carbocycles. The fraction of sp³-hybridized carbons (Fsp3) is 0.500. The number of phenols is 1. The number of hydrogen-bond donors (Lipinski definition) is 3. The van der Waals surface area contributed by atoms with Crippen molar-refractivity contribution in [2.75, 3.05) is 0 Å². The Morgan fingerprint density at radius 2 is 2.04 bits per heavy atom. The van der Waals surface area contributed by atoms with Gasteiger partial charge >= 0.3 is 0 Å². The number of aromatic hydroxyl groups is 1. The highest BCUT2D eigenvalue weighted by atomic mass is 32.1. The van der Waals surface area contributed by atoms with E-state index in [1.807, 2.05) is 31.4 Å². The molecule has 0 aliphatic carbocycles. The fourth-order valence-corrected chi connectivity index (χ4v) is 3.41. The average Bonchev–Trinajstić information content (AvgIpc) is 3.08. The second-order valence-corrected chi connectivity index (χ2v) is 8.93. The Bertz CT molecular complexity index is 736. The Morgan fingerprint density at radius 1 is 1.35 bits per heavy atom. The van der Waals surface area contributed by atoms with Gasteiger partial charge in [0.15, 0.2) is 0 Å². The van der Waals surface area contributed by atoms with E-state index < -0.39 is 6.04 Å². The molecule has 0 saturated heterocycles. The number of aromatic nitrogens is 1. The van der Waals surface area contributed by atoms with Gasteiger partial charge in [-0.25, -0.2) is 4.98 Å². The van der Waals surface area contributed by atoms with Gasteiger partial charge in [0.1, 0.15) is 10.8 Å². The lowest BCUT2D eigenvalue weighted by molar-refractivity contribution is -0.124. The van der Waals surface area contributed by atoms with Crippen molar-refractivity contribution in [1.82, 2.24) is 10.3 Å². The molecule has 1 heterocycles. The van der Waals surface area contributed by atoms with Crippen LogP contribution in [0.4, 0.5) is 0 Å². The van der Waals surface area contributed by atoms with E-state index in [2.05, 4.69) is 31.1 Å². The van der Waals surface area contributed by atoms with E-state index in [0.717, 1.165) is 16.1 Å². The number of carbonyl (C=O) groups is 1. The van der Waals surface area contributed by atoms with Crippen LogP contribution in [-0.4, -0.2) is 22.0 Å². The molecule has 1 amide bonds. The number of thiazole rings is 1. The lowest BCUT2D eigenvalue weighted by Gasteiger charge is -2.24. The number of amides is 1. The van der Waals surface area contributed by atoms with E-state index in [1.165, 1.54) is 11.3 Å². The molecule has 2 aromatic rings. The van der Waals surface area contributed by atoms with Gasteiger partial charge in [-0.05, 0) is 34.9 Å². The molecule has 26 heavy (non-hydrogen) atoms. The highest BCUT2D eigenvalue weighted by Gasteiger charge is 2.24. The van der Waals surface area contributed by atoms with Gasteiger partial charge in [-0.3, -0.25) is 4.79 Å². The molecule has 0 aliphatic heterocycles. The largest absolute Gasteiger partial charge is 0.508 e. The molecular weight excluding hydrogens is 346 g/mol. The van der Waals surface area contributed by atoms with Crippen molar-refractivity contribution in [3.05, 3.63) is 45.9 Å². The molecule has 2 rings (SSSR count). The highest BCUT2D eigenvalue weighted by molar-refractivity contribution is 7.09. The van der Waals surface area contributed by atoms with E-state index >= 15 is 0 Å². The van der Waals surface area contributed by atoms with Crippen LogP contribution >= 0.6 is 11.3 Å². The number of hydrogen-bond acceptors (Lipinski definition) is 5. The van der Waals surface area contributed by atoms with Gasteiger partial charge in [0.25, 0.3) is 0 Å². The normalized spacial score (nSPS) is 14.3. The Morgan fingerprint density at radius 3 is 2.58 bits per heavy atom. The summed E-state index contributed by atoms with van der Waals surface area (Å²) in [7, 11) is 0. The van der Waals surface area contributed by atoms with E-state index in [4.69, 9.17) is 5.73 Å². The smallest absolute Gasteiger partial charge is 0.237 e. The van der Waals surface area contributed by atoms with E-state index in [0.29, 0.717) is 6.42 Å². The first kappa shape index (κ1) is 20.4. The molecule has 0 bridgehead atoms. The molecule has 142 valence electrons. The summed E-state index contributed by atoms with van der Waals surface area (Å²) in [5.74, 6) is 0.182. The van der Waals surface area contributed by atoms with Crippen molar-refractivity contribution < 1.29 is 9.90 Å². The van der Waals surface area contributed by atoms with Crippen LogP contribution in [0.5, 0.6) is 5.75 Å². The third-order valence-corrected chi connectivity index (χ3v) is 5.29. The van der Waals surface area contributed by atoms with Gasteiger partial charge in [0.2, 0.25) is 5.91 Å². The van der Waals surface area contributed by atoms with Crippen molar-refractivity contribution in [3.8, 4) is 5.75 Å². The van der Waals surface area contributed by atoms with Gasteiger partial charge < -0.3 is 16.2 Å². The van der Waals surface area contributed by atoms with E-state index in [-0.39, 0.29) is 29.0 Å². The molecule has 0 saturated carbocycles. The molecule has 0 fully saturated rings. The average molecular weight is 376 g/mol.